The first-order chi connectivity index (χ1) is 14.2. The lowest BCUT2D eigenvalue weighted by Gasteiger charge is -2.14. The Hall–Kier alpha value is -2.43. The van der Waals surface area contributed by atoms with Crippen molar-refractivity contribution in [1.82, 2.24) is 24.7 Å². The van der Waals surface area contributed by atoms with Gasteiger partial charge in [0, 0.05) is 17.3 Å². The van der Waals surface area contributed by atoms with E-state index < -0.39 is 41.5 Å². The van der Waals surface area contributed by atoms with Gasteiger partial charge < -0.3 is 15.6 Å². The van der Waals surface area contributed by atoms with Crippen LogP contribution < -0.4 is 10.9 Å². The summed E-state index contributed by atoms with van der Waals surface area (Å²) in [6.07, 6.45) is -1.91. The van der Waals surface area contributed by atoms with Gasteiger partial charge >= 0.3 is 10.3 Å². The number of fused-ring (bicyclic) bond motifs is 1. The van der Waals surface area contributed by atoms with Crippen LogP contribution in [0.3, 0.4) is 0 Å². The molecule has 0 amide bonds. The van der Waals surface area contributed by atoms with Crippen LogP contribution in [-0.2, 0) is 19.2 Å². The lowest BCUT2D eigenvalue weighted by Crippen LogP contribution is -2.33. The standard InChI is InChI=1S/C15H16FN7O5S2/c16-10-11(24)8(5-27-30(18,25)26)28-15(10)23-13-9(12(17)20-6-21-13)14(22-23)29-7-2-1-3-19-4-7/h1-4,6,8,10-11,15,24H,5H2,(H2,17,20,21)(H2,18,25,26)/t8-,10+,11-,15-/m1/s1. The van der Waals surface area contributed by atoms with Gasteiger partial charge in [0.1, 0.15) is 29.4 Å². The van der Waals surface area contributed by atoms with Crippen molar-refractivity contribution < 1.29 is 26.8 Å². The number of hydrogen-bond donors (Lipinski definition) is 3. The third-order valence-electron chi connectivity index (χ3n) is 4.27. The number of anilines is 1. The van der Waals surface area contributed by atoms with Gasteiger partial charge in [0.25, 0.3) is 0 Å². The minimum Gasteiger partial charge on any atom is -0.387 e. The normalized spacial score (nSPS) is 24.5. The highest BCUT2D eigenvalue weighted by Gasteiger charge is 2.47. The smallest absolute Gasteiger partial charge is 0.333 e. The van der Waals surface area contributed by atoms with Gasteiger partial charge in [0.05, 0.1) is 12.0 Å². The fraction of sp³-hybridized carbons (Fsp3) is 0.333. The first-order valence-corrected chi connectivity index (χ1v) is 10.7. The number of aliphatic hydroxyl groups excluding tert-OH is 1. The first kappa shape index (κ1) is 20.8. The number of aliphatic hydroxyl groups is 1. The molecule has 4 heterocycles. The second kappa shape index (κ2) is 8.01. The van der Waals surface area contributed by atoms with Crippen LogP contribution >= 0.6 is 11.8 Å². The number of nitrogens with zero attached hydrogens (tertiary/aromatic N) is 5. The second-order valence-electron chi connectivity index (χ2n) is 6.28. The van der Waals surface area contributed by atoms with Crippen LogP contribution in [0.25, 0.3) is 11.0 Å². The summed E-state index contributed by atoms with van der Waals surface area (Å²) in [4.78, 5) is 12.9. The van der Waals surface area contributed by atoms with Gasteiger partial charge in [-0.3, -0.25) is 9.17 Å². The molecule has 15 heteroatoms. The number of pyridine rings is 1. The van der Waals surface area contributed by atoms with E-state index in [9.17, 15) is 17.9 Å². The molecule has 0 bridgehead atoms. The number of rotatable bonds is 6. The molecule has 5 N–H and O–H groups in total. The molecule has 4 atom stereocenters. The molecule has 4 rings (SSSR count). The molecule has 0 aliphatic carbocycles. The number of hydrogen-bond acceptors (Lipinski definition) is 11. The highest BCUT2D eigenvalue weighted by atomic mass is 32.2. The molecule has 3 aromatic rings. The summed E-state index contributed by atoms with van der Waals surface area (Å²) >= 11 is 1.21. The van der Waals surface area contributed by atoms with E-state index in [1.807, 2.05) is 0 Å². The van der Waals surface area contributed by atoms with E-state index in [1.54, 1.807) is 24.5 Å². The molecular weight excluding hydrogens is 441 g/mol. The van der Waals surface area contributed by atoms with Crippen molar-refractivity contribution in [2.75, 3.05) is 12.3 Å². The van der Waals surface area contributed by atoms with Crippen LogP contribution in [0.1, 0.15) is 6.23 Å². The summed E-state index contributed by atoms with van der Waals surface area (Å²) in [6, 6.07) is 3.54. The van der Waals surface area contributed by atoms with Crippen molar-refractivity contribution in [1.29, 1.82) is 0 Å². The number of halogens is 1. The highest BCUT2D eigenvalue weighted by Crippen LogP contribution is 2.39. The van der Waals surface area contributed by atoms with Crippen LogP contribution in [0, 0.1) is 0 Å². The van der Waals surface area contributed by atoms with E-state index in [2.05, 4.69) is 24.2 Å². The average molecular weight is 457 g/mol. The molecule has 0 aromatic carbocycles. The minimum absolute atomic E-state index is 0.126. The Labute approximate surface area is 173 Å². The van der Waals surface area contributed by atoms with Gasteiger partial charge in [0.2, 0.25) is 0 Å². The lowest BCUT2D eigenvalue weighted by molar-refractivity contribution is -0.0456. The first-order valence-electron chi connectivity index (χ1n) is 8.46. The molecule has 3 aromatic heterocycles. The Morgan fingerprint density at radius 2 is 2.20 bits per heavy atom. The second-order valence-corrected chi connectivity index (χ2v) is 8.56. The largest absolute Gasteiger partial charge is 0.387 e. The van der Waals surface area contributed by atoms with Gasteiger partial charge in [-0.25, -0.2) is 24.2 Å². The van der Waals surface area contributed by atoms with Crippen LogP contribution in [0.4, 0.5) is 10.2 Å². The van der Waals surface area contributed by atoms with Crippen molar-refractivity contribution in [3.8, 4) is 0 Å². The third-order valence-corrected chi connectivity index (χ3v) is 5.69. The Kier molecular flexibility index (Phi) is 5.56. The van der Waals surface area contributed by atoms with Crippen molar-refractivity contribution in [3.05, 3.63) is 30.9 Å². The van der Waals surface area contributed by atoms with Crippen LogP contribution in [0.2, 0.25) is 0 Å². The number of aromatic nitrogens is 5. The molecule has 12 nitrogen and oxygen atoms in total. The lowest BCUT2D eigenvalue weighted by atomic mass is 10.1. The van der Waals surface area contributed by atoms with Crippen molar-refractivity contribution in [2.45, 2.75) is 34.5 Å². The molecule has 160 valence electrons. The predicted octanol–water partition coefficient (Wildman–Crippen LogP) is -0.229. The fourth-order valence-corrected chi connectivity index (χ4v) is 4.17. The van der Waals surface area contributed by atoms with E-state index in [1.165, 1.54) is 18.1 Å². The number of alkyl halides is 1. The van der Waals surface area contributed by atoms with Crippen LogP contribution in [0.15, 0.2) is 40.8 Å². The topological polar surface area (TPSA) is 181 Å². The molecule has 1 fully saturated rings. The molecular formula is C15H16FN7O5S2. The monoisotopic (exact) mass is 457 g/mol. The molecule has 0 unspecified atom stereocenters. The van der Waals surface area contributed by atoms with Gasteiger partial charge in [0.15, 0.2) is 18.0 Å². The van der Waals surface area contributed by atoms with E-state index in [0.717, 1.165) is 9.58 Å². The zero-order valence-electron chi connectivity index (χ0n) is 15.1. The van der Waals surface area contributed by atoms with Gasteiger partial charge in [-0.05, 0) is 12.1 Å². The number of nitrogens with two attached hydrogens (primary N) is 2. The SMILES string of the molecule is Nc1ncnc2c1c(Sc1cccnc1)nn2[C@@H]1O[C@H](COS(N)(=O)=O)[C@@H](O)[C@@H]1F. The maximum absolute atomic E-state index is 14.8. The predicted molar refractivity (Wildman–Crippen MR) is 102 cm³/mol. The Morgan fingerprint density at radius 1 is 1.40 bits per heavy atom. The summed E-state index contributed by atoms with van der Waals surface area (Å²) in [6.45, 7) is -0.662. The Bertz CT molecular complexity index is 1160. The van der Waals surface area contributed by atoms with E-state index in [-0.39, 0.29) is 11.5 Å². The maximum Gasteiger partial charge on any atom is 0.333 e. The summed E-state index contributed by atoms with van der Waals surface area (Å²) in [5.74, 6) is 0.126. The Morgan fingerprint density at radius 3 is 2.90 bits per heavy atom. The van der Waals surface area contributed by atoms with E-state index in [4.69, 9.17) is 15.6 Å². The number of nitrogen functional groups attached to an aromatic ring is 1. The Balaban J connectivity index is 1.69. The average Bonchev–Trinajstić information content (AvgIpc) is 3.19. The minimum atomic E-state index is -4.29. The highest BCUT2D eigenvalue weighted by molar-refractivity contribution is 7.99. The molecule has 0 saturated carbocycles. The molecule has 0 spiro atoms. The van der Waals surface area contributed by atoms with Crippen molar-refractivity contribution in [3.63, 3.8) is 0 Å². The zero-order valence-corrected chi connectivity index (χ0v) is 16.7. The quantitative estimate of drug-likeness (QED) is 0.445. The van der Waals surface area contributed by atoms with E-state index in [0.29, 0.717) is 10.4 Å². The van der Waals surface area contributed by atoms with E-state index >= 15 is 0 Å². The summed E-state index contributed by atoms with van der Waals surface area (Å²) < 4.78 is 47.9. The van der Waals surface area contributed by atoms with Gasteiger partial charge in [-0.2, -0.15) is 13.5 Å². The van der Waals surface area contributed by atoms with Crippen molar-refractivity contribution >= 4 is 38.9 Å². The molecule has 1 saturated heterocycles. The van der Waals surface area contributed by atoms with Gasteiger partial charge in [-0.1, -0.05) is 11.8 Å². The number of ether oxygens (including phenoxy) is 1. The molecule has 30 heavy (non-hydrogen) atoms. The zero-order chi connectivity index (χ0) is 21.5. The summed E-state index contributed by atoms with van der Waals surface area (Å²) in [5, 5.41) is 20.0. The van der Waals surface area contributed by atoms with Crippen LogP contribution in [0.5, 0.6) is 0 Å². The summed E-state index contributed by atoms with van der Waals surface area (Å²) in [5.41, 5.74) is 6.17. The maximum atomic E-state index is 14.8. The summed E-state index contributed by atoms with van der Waals surface area (Å²) in [7, 11) is -4.29. The van der Waals surface area contributed by atoms with Crippen molar-refractivity contribution in [2.24, 2.45) is 5.14 Å². The molecule has 1 aliphatic rings. The third kappa shape index (κ3) is 4.07. The molecule has 1 aliphatic heterocycles. The van der Waals surface area contributed by atoms with Crippen LogP contribution in [-0.4, -0.2) is 63.2 Å². The fourth-order valence-electron chi connectivity index (χ4n) is 2.93. The van der Waals surface area contributed by atoms with Gasteiger partial charge in [-0.15, -0.1) is 0 Å². The molecule has 0 radical (unpaired) electrons.